The zero-order valence-electron chi connectivity index (χ0n) is 6.87. The quantitative estimate of drug-likeness (QED) is 0.604. The lowest BCUT2D eigenvalue weighted by Crippen LogP contribution is -2.36. The second-order valence-corrected chi connectivity index (χ2v) is 3.09. The molecule has 1 aliphatic heterocycles. The van der Waals surface area contributed by atoms with Gasteiger partial charge in [-0.25, -0.2) is 0 Å². The van der Waals surface area contributed by atoms with Gasteiger partial charge in [0.15, 0.2) is 0 Å². The molecular weight excluding hydrogens is 142 g/mol. The maximum Gasteiger partial charge on any atom is 0.107 e. The third-order valence-electron chi connectivity index (χ3n) is 2.22. The predicted molar refractivity (Wildman–Crippen MR) is 43.1 cm³/mol. The van der Waals surface area contributed by atoms with Crippen LogP contribution in [0.15, 0.2) is 0 Å². The standard InChI is InChI=1S/C8H17NO2/c10-7-6-9-5-3-1-2-4-8(9)11/h8,10-11H,1-7H2. The second-order valence-electron chi connectivity index (χ2n) is 3.09. The Morgan fingerprint density at radius 3 is 2.82 bits per heavy atom. The third-order valence-corrected chi connectivity index (χ3v) is 2.22. The van der Waals surface area contributed by atoms with Gasteiger partial charge in [-0.05, 0) is 19.3 Å². The van der Waals surface area contributed by atoms with Crippen LogP contribution < -0.4 is 0 Å². The van der Waals surface area contributed by atoms with Crippen LogP contribution in [0.5, 0.6) is 0 Å². The number of rotatable bonds is 2. The molecule has 3 nitrogen and oxygen atoms in total. The van der Waals surface area contributed by atoms with Crippen molar-refractivity contribution in [2.75, 3.05) is 19.7 Å². The molecule has 0 aromatic carbocycles. The summed E-state index contributed by atoms with van der Waals surface area (Å²) >= 11 is 0. The Balaban J connectivity index is 2.32. The van der Waals surface area contributed by atoms with Gasteiger partial charge in [-0.1, -0.05) is 6.42 Å². The maximum atomic E-state index is 9.49. The second kappa shape index (κ2) is 4.70. The summed E-state index contributed by atoms with van der Waals surface area (Å²) in [5.74, 6) is 0. The van der Waals surface area contributed by atoms with E-state index in [1.165, 1.54) is 6.42 Å². The molecule has 11 heavy (non-hydrogen) atoms. The topological polar surface area (TPSA) is 43.7 Å². The average Bonchev–Trinajstić information content (AvgIpc) is 2.18. The lowest BCUT2D eigenvalue weighted by Gasteiger charge is -2.24. The molecule has 1 saturated heterocycles. The van der Waals surface area contributed by atoms with Crippen LogP contribution in [0.3, 0.4) is 0 Å². The summed E-state index contributed by atoms with van der Waals surface area (Å²) in [6.45, 7) is 1.69. The zero-order chi connectivity index (χ0) is 8.10. The molecule has 2 N–H and O–H groups in total. The van der Waals surface area contributed by atoms with E-state index in [0.29, 0.717) is 6.54 Å². The molecule has 0 aromatic rings. The van der Waals surface area contributed by atoms with Crippen LogP contribution in [-0.2, 0) is 0 Å². The van der Waals surface area contributed by atoms with Crippen molar-refractivity contribution in [3.8, 4) is 0 Å². The summed E-state index contributed by atoms with van der Waals surface area (Å²) in [4.78, 5) is 1.95. The van der Waals surface area contributed by atoms with E-state index in [0.717, 1.165) is 25.8 Å². The van der Waals surface area contributed by atoms with Gasteiger partial charge in [-0.2, -0.15) is 0 Å². The Morgan fingerprint density at radius 2 is 2.09 bits per heavy atom. The lowest BCUT2D eigenvalue weighted by atomic mass is 10.2. The van der Waals surface area contributed by atoms with E-state index in [9.17, 15) is 5.11 Å². The van der Waals surface area contributed by atoms with Gasteiger partial charge in [0.05, 0.1) is 6.61 Å². The highest BCUT2D eigenvalue weighted by atomic mass is 16.3. The molecule has 0 spiro atoms. The van der Waals surface area contributed by atoms with Crippen LogP contribution in [-0.4, -0.2) is 41.0 Å². The first kappa shape index (κ1) is 8.97. The van der Waals surface area contributed by atoms with Gasteiger partial charge in [0.25, 0.3) is 0 Å². The van der Waals surface area contributed by atoms with Crippen molar-refractivity contribution in [1.29, 1.82) is 0 Å². The molecule has 1 fully saturated rings. The van der Waals surface area contributed by atoms with E-state index >= 15 is 0 Å². The Bertz CT molecular complexity index is 108. The Morgan fingerprint density at radius 1 is 1.27 bits per heavy atom. The van der Waals surface area contributed by atoms with E-state index in [2.05, 4.69) is 0 Å². The molecule has 1 unspecified atom stereocenters. The van der Waals surface area contributed by atoms with Gasteiger partial charge in [0, 0.05) is 13.1 Å². The lowest BCUT2D eigenvalue weighted by molar-refractivity contribution is -0.00421. The van der Waals surface area contributed by atoms with Gasteiger partial charge < -0.3 is 10.2 Å². The van der Waals surface area contributed by atoms with Crippen molar-refractivity contribution in [1.82, 2.24) is 4.90 Å². The van der Waals surface area contributed by atoms with Gasteiger partial charge in [0.2, 0.25) is 0 Å². The van der Waals surface area contributed by atoms with Crippen LogP contribution >= 0.6 is 0 Å². The fraction of sp³-hybridized carbons (Fsp3) is 1.00. The third kappa shape index (κ3) is 2.77. The minimum atomic E-state index is -0.315. The molecule has 3 heteroatoms. The predicted octanol–water partition coefficient (Wildman–Crippen LogP) is 0.173. The van der Waals surface area contributed by atoms with Crippen molar-refractivity contribution in [2.45, 2.75) is 31.9 Å². The maximum absolute atomic E-state index is 9.49. The number of aliphatic hydroxyl groups excluding tert-OH is 2. The van der Waals surface area contributed by atoms with Gasteiger partial charge >= 0.3 is 0 Å². The molecule has 1 heterocycles. The van der Waals surface area contributed by atoms with E-state index in [4.69, 9.17) is 5.11 Å². The van der Waals surface area contributed by atoms with Crippen LogP contribution in [0.2, 0.25) is 0 Å². The number of hydrogen-bond donors (Lipinski definition) is 2. The summed E-state index contributed by atoms with van der Waals surface area (Å²) in [5.41, 5.74) is 0. The Kier molecular flexibility index (Phi) is 3.83. The molecule has 1 rings (SSSR count). The van der Waals surface area contributed by atoms with E-state index in [1.54, 1.807) is 0 Å². The smallest absolute Gasteiger partial charge is 0.107 e. The minimum absolute atomic E-state index is 0.150. The highest BCUT2D eigenvalue weighted by Crippen LogP contribution is 2.13. The molecule has 66 valence electrons. The number of β-amino-alcohol motifs (C(OH)–C–C–N with tert-alkyl or cyclic N) is 1. The Labute approximate surface area is 67.6 Å². The number of nitrogens with zero attached hydrogens (tertiary/aromatic N) is 1. The van der Waals surface area contributed by atoms with Crippen molar-refractivity contribution < 1.29 is 10.2 Å². The van der Waals surface area contributed by atoms with Crippen LogP contribution in [0.4, 0.5) is 0 Å². The van der Waals surface area contributed by atoms with Crippen molar-refractivity contribution in [3.63, 3.8) is 0 Å². The zero-order valence-corrected chi connectivity index (χ0v) is 6.87. The summed E-state index contributed by atoms with van der Waals surface area (Å²) in [7, 11) is 0. The molecule has 0 amide bonds. The summed E-state index contributed by atoms with van der Waals surface area (Å²) < 4.78 is 0. The van der Waals surface area contributed by atoms with E-state index < -0.39 is 0 Å². The highest BCUT2D eigenvalue weighted by molar-refractivity contribution is 4.66. The van der Waals surface area contributed by atoms with Gasteiger partial charge in [-0.15, -0.1) is 0 Å². The Hall–Kier alpha value is -0.120. The first-order valence-electron chi connectivity index (χ1n) is 4.37. The highest BCUT2D eigenvalue weighted by Gasteiger charge is 2.16. The minimum Gasteiger partial charge on any atom is -0.395 e. The normalized spacial score (nSPS) is 28.4. The SMILES string of the molecule is OCCN1CCCCCC1O. The van der Waals surface area contributed by atoms with Crippen LogP contribution in [0.25, 0.3) is 0 Å². The van der Waals surface area contributed by atoms with Gasteiger partial charge in [0.1, 0.15) is 6.23 Å². The van der Waals surface area contributed by atoms with Gasteiger partial charge in [-0.3, -0.25) is 4.90 Å². The first-order valence-corrected chi connectivity index (χ1v) is 4.37. The molecular formula is C8H17NO2. The number of aliphatic hydroxyl groups is 2. The fourth-order valence-corrected chi connectivity index (χ4v) is 1.54. The summed E-state index contributed by atoms with van der Waals surface area (Å²) in [5, 5.41) is 18.2. The molecule has 1 aliphatic rings. The molecule has 0 aliphatic carbocycles. The first-order chi connectivity index (χ1) is 5.34. The number of likely N-dealkylation sites (tertiary alicyclic amines) is 1. The van der Waals surface area contributed by atoms with E-state index in [-0.39, 0.29) is 12.8 Å². The van der Waals surface area contributed by atoms with Crippen LogP contribution in [0.1, 0.15) is 25.7 Å². The fourth-order valence-electron chi connectivity index (χ4n) is 1.54. The average molecular weight is 159 g/mol. The molecule has 0 saturated carbocycles. The van der Waals surface area contributed by atoms with E-state index in [1.807, 2.05) is 4.90 Å². The monoisotopic (exact) mass is 159 g/mol. The summed E-state index contributed by atoms with van der Waals surface area (Å²) in [6.07, 6.45) is 4.02. The van der Waals surface area contributed by atoms with Crippen molar-refractivity contribution in [3.05, 3.63) is 0 Å². The summed E-state index contributed by atoms with van der Waals surface area (Å²) in [6, 6.07) is 0. The largest absolute Gasteiger partial charge is 0.395 e. The molecule has 1 atom stereocenters. The van der Waals surface area contributed by atoms with Crippen LogP contribution in [0, 0.1) is 0 Å². The molecule has 0 bridgehead atoms. The molecule has 0 aromatic heterocycles. The van der Waals surface area contributed by atoms with Crippen molar-refractivity contribution in [2.24, 2.45) is 0 Å². The number of hydrogen-bond acceptors (Lipinski definition) is 3. The van der Waals surface area contributed by atoms with Crippen molar-refractivity contribution >= 4 is 0 Å². The molecule has 0 radical (unpaired) electrons.